The van der Waals surface area contributed by atoms with Crippen LogP contribution in [0.25, 0.3) is 11.1 Å². The highest BCUT2D eigenvalue weighted by atomic mass is 19.4. The number of rotatable bonds is 1. The maximum Gasteiger partial charge on any atom is 0.416 e. The molecular formula is C13H13F3N2O. The van der Waals surface area contributed by atoms with Crippen LogP contribution in [0.2, 0.25) is 0 Å². The number of oxazole rings is 1. The molecule has 0 spiro atoms. The molecule has 1 N–H and O–H groups in total. The number of alkyl halides is 3. The summed E-state index contributed by atoms with van der Waals surface area (Å²) in [5, 5.41) is 3.21. The van der Waals surface area contributed by atoms with Crippen molar-refractivity contribution in [2.75, 3.05) is 13.1 Å². The number of nitrogens with zero attached hydrogens (tertiary/aromatic N) is 1. The summed E-state index contributed by atoms with van der Waals surface area (Å²) in [6.45, 7) is 3.59. The Morgan fingerprint density at radius 3 is 2.79 bits per heavy atom. The Morgan fingerprint density at radius 2 is 2.16 bits per heavy atom. The molecule has 0 amide bonds. The third-order valence-electron chi connectivity index (χ3n) is 3.60. The standard InChI is InChI=1S/C13H13F3N2O/c1-12(4-5-17-7-12)11-18-9-6-8(13(14,15)16)2-3-10(9)19-11/h2-3,6,17H,4-5,7H2,1H3. The summed E-state index contributed by atoms with van der Waals surface area (Å²) in [7, 11) is 0. The summed E-state index contributed by atoms with van der Waals surface area (Å²) in [5.41, 5.74) is -0.277. The van der Waals surface area contributed by atoms with Crippen LogP contribution >= 0.6 is 0 Å². The third-order valence-corrected chi connectivity index (χ3v) is 3.60. The lowest BCUT2D eigenvalue weighted by molar-refractivity contribution is -0.137. The van der Waals surface area contributed by atoms with Crippen LogP contribution in [0.4, 0.5) is 13.2 Å². The van der Waals surface area contributed by atoms with Crippen LogP contribution in [-0.4, -0.2) is 18.1 Å². The van der Waals surface area contributed by atoms with E-state index in [1.807, 2.05) is 6.92 Å². The second kappa shape index (κ2) is 3.96. The topological polar surface area (TPSA) is 38.1 Å². The predicted octanol–water partition coefficient (Wildman–Crippen LogP) is 3.10. The lowest BCUT2D eigenvalue weighted by Crippen LogP contribution is -2.25. The van der Waals surface area contributed by atoms with Gasteiger partial charge in [0.15, 0.2) is 5.58 Å². The summed E-state index contributed by atoms with van der Waals surface area (Å²) < 4.78 is 43.5. The van der Waals surface area contributed by atoms with Crippen molar-refractivity contribution in [3.8, 4) is 0 Å². The number of halogens is 3. The molecular weight excluding hydrogens is 257 g/mol. The van der Waals surface area contributed by atoms with E-state index in [1.165, 1.54) is 6.07 Å². The minimum atomic E-state index is -4.36. The molecule has 1 unspecified atom stereocenters. The Bertz CT molecular complexity index is 612. The molecule has 0 bridgehead atoms. The van der Waals surface area contributed by atoms with E-state index in [0.29, 0.717) is 11.5 Å². The molecule has 0 aliphatic carbocycles. The van der Waals surface area contributed by atoms with Crippen molar-refractivity contribution < 1.29 is 17.6 Å². The molecule has 1 atom stereocenters. The predicted molar refractivity (Wildman–Crippen MR) is 63.8 cm³/mol. The SMILES string of the molecule is CC1(c2nc3cc(C(F)(F)F)ccc3o2)CCNC1. The van der Waals surface area contributed by atoms with Crippen molar-refractivity contribution in [3.05, 3.63) is 29.7 Å². The maximum absolute atomic E-state index is 12.6. The summed E-state index contributed by atoms with van der Waals surface area (Å²) in [6.07, 6.45) is -3.49. The highest BCUT2D eigenvalue weighted by molar-refractivity contribution is 5.73. The van der Waals surface area contributed by atoms with Crippen LogP contribution in [-0.2, 0) is 11.6 Å². The van der Waals surface area contributed by atoms with Crippen LogP contribution in [0.1, 0.15) is 24.8 Å². The van der Waals surface area contributed by atoms with Gasteiger partial charge in [0.2, 0.25) is 5.89 Å². The smallest absolute Gasteiger partial charge is 0.416 e. The number of fused-ring (bicyclic) bond motifs is 1. The first kappa shape index (κ1) is 12.5. The van der Waals surface area contributed by atoms with E-state index in [4.69, 9.17) is 4.42 Å². The fourth-order valence-electron chi connectivity index (χ4n) is 2.36. The number of benzene rings is 1. The Kier molecular flexibility index (Phi) is 2.60. The van der Waals surface area contributed by atoms with E-state index in [2.05, 4.69) is 10.3 Å². The Balaban J connectivity index is 2.06. The summed E-state index contributed by atoms with van der Waals surface area (Å²) in [6, 6.07) is 3.39. The molecule has 0 radical (unpaired) electrons. The molecule has 2 aromatic rings. The second-order valence-electron chi connectivity index (χ2n) is 5.19. The first-order valence-corrected chi connectivity index (χ1v) is 6.07. The largest absolute Gasteiger partial charge is 0.440 e. The number of hydrogen-bond donors (Lipinski definition) is 1. The fraction of sp³-hybridized carbons (Fsp3) is 0.462. The van der Waals surface area contributed by atoms with Crippen LogP contribution in [0, 0.1) is 0 Å². The Hall–Kier alpha value is -1.56. The van der Waals surface area contributed by atoms with Gasteiger partial charge in [0, 0.05) is 6.54 Å². The highest BCUT2D eigenvalue weighted by Gasteiger charge is 2.36. The molecule has 1 saturated heterocycles. The van der Waals surface area contributed by atoms with Crippen molar-refractivity contribution in [2.45, 2.75) is 24.9 Å². The van der Waals surface area contributed by atoms with Gasteiger partial charge >= 0.3 is 6.18 Å². The van der Waals surface area contributed by atoms with Gasteiger partial charge in [-0.3, -0.25) is 0 Å². The van der Waals surface area contributed by atoms with E-state index in [9.17, 15) is 13.2 Å². The summed E-state index contributed by atoms with van der Waals surface area (Å²) >= 11 is 0. The zero-order valence-corrected chi connectivity index (χ0v) is 10.3. The minimum absolute atomic E-state index is 0.239. The van der Waals surface area contributed by atoms with Crippen molar-refractivity contribution in [3.63, 3.8) is 0 Å². The van der Waals surface area contributed by atoms with E-state index in [1.54, 1.807) is 0 Å². The van der Waals surface area contributed by atoms with Crippen molar-refractivity contribution in [1.82, 2.24) is 10.3 Å². The Morgan fingerprint density at radius 1 is 1.37 bits per heavy atom. The van der Waals surface area contributed by atoms with E-state index >= 15 is 0 Å². The molecule has 2 heterocycles. The molecule has 1 fully saturated rings. The van der Waals surface area contributed by atoms with Crippen molar-refractivity contribution in [2.24, 2.45) is 0 Å². The van der Waals surface area contributed by atoms with Gasteiger partial charge in [0.1, 0.15) is 5.52 Å². The second-order valence-corrected chi connectivity index (χ2v) is 5.19. The van der Waals surface area contributed by atoms with Crippen LogP contribution < -0.4 is 5.32 Å². The molecule has 19 heavy (non-hydrogen) atoms. The van der Waals surface area contributed by atoms with Gasteiger partial charge in [0.25, 0.3) is 0 Å². The van der Waals surface area contributed by atoms with Crippen LogP contribution in [0.5, 0.6) is 0 Å². The van der Waals surface area contributed by atoms with Crippen molar-refractivity contribution in [1.29, 1.82) is 0 Å². The molecule has 3 nitrogen and oxygen atoms in total. The zero-order valence-electron chi connectivity index (χ0n) is 10.3. The van der Waals surface area contributed by atoms with Gasteiger partial charge < -0.3 is 9.73 Å². The molecule has 1 aliphatic heterocycles. The zero-order chi connectivity index (χ0) is 13.7. The first-order valence-electron chi connectivity index (χ1n) is 6.07. The average Bonchev–Trinajstić information content (AvgIpc) is 2.93. The van der Waals surface area contributed by atoms with Gasteiger partial charge in [-0.2, -0.15) is 13.2 Å². The monoisotopic (exact) mass is 270 g/mol. The fourth-order valence-corrected chi connectivity index (χ4v) is 2.36. The molecule has 1 aromatic heterocycles. The number of hydrogen-bond acceptors (Lipinski definition) is 3. The highest BCUT2D eigenvalue weighted by Crippen LogP contribution is 2.35. The van der Waals surface area contributed by atoms with Gasteiger partial charge in [-0.1, -0.05) is 0 Å². The van der Waals surface area contributed by atoms with Crippen LogP contribution in [0.15, 0.2) is 22.6 Å². The summed E-state index contributed by atoms with van der Waals surface area (Å²) in [5.74, 6) is 0.506. The first-order chi connectivity index (χ1) is 8.88. The molecule has 6 heteroatoms. The molecule has 102 valence electrons. The molecule has 1 aliphatic rings. The lowest BCUT2D eigenvalue weighted by atomic mass is 9.90. The number of aromatic nitrogens is 1. The van der Waals surface area contributed by atoms with E-state index in [-0.39, 0.29) is 10.9 Å². The van der Waals surface area contributed by atoms with Crippen LogP contribution in [0.3, 0.4) is 0 Å². The van der Waals surface area contributed by atoms with Gasteiger partial charge in [-0.25, -0.2) is 4.98 Å². The van der Waals surface area contributed by atoms with Gasteiger partial charge in [0.05, 0.1) is 11.0 Å². The lowest BCUT2D eigenvalue weighted by Gasteiger charge is -2.16. The van der Waals surface area contributed by atoms with E-state index < -0.39 is 11.7 Å². The summed E-state index contributed by atoms with van der Waals surface area (Å²) in [4.78, 5) is 4.23. The molecule has 3 rings (SSSR count). The number of nitrogens with one attached hydrogen (secondary N) is 1. The molecule has 0 saturated carbocycles. The Labute approximate surface area is 107 Å². The van der Waals surface area contributed by atoms with Crippen molar-refractivity contribution >= 4 is 11.1 Å². The third kappa shape index (κ3) is 2.10. The normalized spacial score (nSPS) is 24.2. The quantitative estimate of drug-likeness (QED) is 0.865. The van der Waals surface area contributed by atoms with Gasteiger partial charge in [-0.15, -0.1) is 0 Å². The molecule has 1 aromatic carbocycles. The maximum atomic E-state index is 12.6. The average molecular weight is 270 g/mol. The minimum Gasteiger partial charge on any atom is -0.440 e. The van der Waals surface area contributed by atoms with E-state index in [0.717, 1.165) is 31.6 Å². The van der Waals surface area contributed by atoms with Gasteiger partial charge in [-0.05, 0) is 38.1 Å².